The van der Waals surface area contributed by atoms with Gasteiger partial charge in [-0.3, -0.25) is 0 Å². The van der Waals surface area contributed by atoms with Crippen molar-refractivity contribution in [2.24, 2.45) is 39.4 Å². The Morgan fingerprint density at radius 3 is 1.43 bits per heavy atom. The average molecular weight is 851 g/mol. The zero-order valence-corrected chi connectivity index (χ0v) is 34.4. The number of ether oxygens (including phenoxy) is 2. The summed E-state index contributed by atoms with van der Waals surface area (Å²) in [5, 5.41) is 33.2. The van der Waals surface area contributed by atoms with Gasteiger partial charge in [-0.15, -0.1) is 0 Å². The van der Waals surface area contributed by atoms with E-state index >= 15 is 0 Å². The van der Waals surface area contributed by atoms with Crippen LogP contribution in [0.2, 0.25) is 0 Å². The van der Waals surface area contributed by atoms with Crippen LogP contribution in [-0.4, -0.2) is 103 Å². The van der Waals surface area contributed by atoms with Crippen LogP contribution in [0.5, 0.6) is 0 Å². The highest BCUT2D eigenvalue weighted by atomic mass is 32.2. The molecule has 20 heteroatoms. The molecule has 0 aromatic rings. The standard InChI is InChI=1S/2C18H28F2O7S/c1-13(2,22)15-5-11-6-16(8-15,14(3,4)23)10-17(7-11,9-15)27-12(21)18(19,20)28(24,25)26;1-14(2,22)16-6-10-5-11(8-16)12(17(7-10,9-16)15(3,4)23)27-13(21)18(19,20)28(24,25)26/h11,22-23H,5-10H2,1-4H3,(H,24,25,26);10-12,22-23H,5-9H2,1-4H3,(H,24,25,26)/p-2. The predicted molar refractivity (Wildman–Crippen MR) is 184 cm³/mol. The quantitative estimate of drug-likeness (QED) is 0.139. The summed E-state index contributed by atoms with van der Waals surface area (Å²) in [6, 6.07) is 0. The van der Waals surface area contributed by atoms with Gasteiger partial charge in [-0.1, -0.05) is 0 Å². The second kappa shape index (κ2) is 12.7. The molecule has 8 aliphatic rings. The summed E-state index contributed by atoms with van der Waals surface area (Å²) >= 11 is 0. The Labute approximate surface area is 324 Å². The molecule has 8 aliphatic carbocycles. The number of esters is 2. The van der Waals surface area contributed by atoms with Crippen LogP contribution in [0.3, 0.4) is 0 Å². The first kappa shape index (κ1) is 45.4. The van der Waals surface area contributed by atoms with E-state index in [1.165, 1.54) is 13.8 Å². The minimum atomic E-state index is -6.23. The molecule has 0 aromatic carbocycles. The fourth-order valence-electron chi connectivity index (χ4n) is 12.3. The van der Waals surface area contributed by atoms with Gasteiger partial charge < -0.3 is 39.0 Å². The third kappa shape index (κ3) is 6.90. The van der Waals surface area contributed by atoms with E-state index in [-0.39, 0.29) is 37.5 Å². The maximum absolute atomic E-state index is 13.8. The Morgan fingerprint density at radius 2 is 1.02 bits per heavy atom. The maximum atomic E-state index is 13.8. The van der Waals surface area contributed by atoms with Crippen LogP contribution in [0, 0.1) is 39.4 Å². The third-order valence-electron chi connectivity index (χ3n) is 15.0. The molecule has 8 fully saturated rings. The van der Waals surface area contributed by atoms with Crippen molar-refractivity contribution in [2.75, 3.05) is 0 Å². The Morgan fingerprint density at radius 1 is 0.589 bits per heavy atom. The number of carbonyl (C=O) groups excluding carboxylic acids is 2. The second-order valence-corrected chi connectivity index (χ2v) is 23.1. The van der Waals surface area contributed by atoms with E-state index in [2.05, 4.69) is 0 Å². The molecule has 4 N–H and O–H groups in total. The molecule has 0 saturated heterocycles. The van der Waals surface area contributed by atoms with Gasteiger partial charge in [0.15, 0.2) is 20.2 Å². The predicted octanol–water partition coefficient (Wildman–Crippen LogP) is 3.69. The van der Waals surface area contributed by atoms with E-state index < -0.39 is 104 Å². The lowest BCUT2D eigenvalue weighted by Crippen LogP contribution is -2.71. The average Bonchev–Trinajstić information content (AvgIpc) is 2.94. The fraction of sp³-hybridized carbons (Fsp3) is 0.944. The van der Waals surface area contributed by atoms with Crippen molar-refractivity contribution in [3.8, 4) is 0 Å². The number of aliphatic hydroxyl groups is 4. The molecule has 8 rings (SSSR count). The first-order chi connectivity index (χ1) is 24.6. The van der Waals surface area contributed by atoms with Gasteiger partial charge in [-0.05, 0) is 144 Å². The van der Waals surface area contributed by atoms with Crippen molar-refractivity contribution in [3.63, 3.8) is 0 Å². The van der Waals surface area contributed by atoms with E-state index in [1.54, 1.807) is 41.5 Å². The summed E-state index contributed by atoms with van der Waals surface area (Å²) < 4.78 is 130. The second-order valence-electron chi connectivity index (χ2n) is 20.2. The summed E-state index contributed by atoms with van der Waals surface area (Å²) in [6.07, 6.45) is 3.12. The molecule has 0 aliphatic heterocycles. The molecule has 7 unspecified atom stereocenters. The molecule has 56 heavy (non-hydrogen) atoms. The van der Waals surface area contributed by atoms with Gasteiger partial charge in [0, 0.05) is 21.7 Å². The minimum Gasteiger partial charge on any atom is -0.743 e. The van der Waals surface area contributed by atoms with Crippen LogP contribution in [0.25, 0.3) is 0 Å². The normalized spacial score (nSPS) is 38.5. The van der Waals surface area contributed by atoms with E-state index in [0.717, 1.165) is 6.42 Å². The molecular weight excluding hydrogens is 797 g/mol. The van der Waals surface area contributed by atoms with E-state index in [0.29, 0.717) is 38.5 Å². The van der Waals surface area contributed by atoms with Crippen LogP contribution < -0.4 is 0 Å². The molecule has 0 spiro atoms. The zero-order valence-electron chi connectivity index (χ0n) is 32.8. The maximum Gasteiger partial charge on any atom is 0.428 e. The molecule has 0 radical (unpaired) electrons. The molecular formula is C36H54F4O14S2-2. The van der Waals surface area contributed by atoms with Crippen LogP contribution in [0.4, 0.5) is 17.6 Å². The van der Waals surface area contributed by atoms with Crippen molar-refractivity contribution >= 4 is 32.2 Å². The summed E-state index contributed by atoms with van der Waals surface area (Å²) in [7, 11) is -12.5. The summed E-state index contributed by atoms with van der Waals surface area (Å²) in [5.74, 6) is -5.20. The van der Waals surface area contributed by atoms with Gasteiger partial charge in [0.25, 0.3) is 0 Å². The van der Waals surface area contributed by atoms with Crippen LogP contribution >= 0.6 is 0 Å². The highest BCUT2D eigenvalue weighted by Crippen LogP contribution is 2.73. The van der Waals surface area contributed by atoms with E-state index in [9.17, 15) is 73.5 Å². The Balaban J connectivity index is 0.000000214. The van der Waals surface area contributed by atoms with Crippen LogP contribution in [-0.2, 0) is 39.3 Å². The van der Waals surface area contributed by atoms with Crippen molar-refractivity contribution in [1.29, 1.82) is 0 Å². The SMILES string of the molecule is CC(C)(O)C12CC3CC(C1)C(OC(=O)C(F)(F)S(=O)(=O)[O-])C(C(C)(C)O)(C3)C2.CC(C)(O)C12CC3CC(OC(=O)C(F)(F)S(=O)(=O)[O-])(C1)CC(C(C)(C)O)(C3)C2. The Hall–Kier alpha value is -1.68. The largest absolute Gasteiger partial charge is 0.743 e. The first-order valence-electron chi connectivity index (χ1n) is 18.7. The molecule has 14 nitrogen and oxygen atoms in total. The number of halogens is 4. The Bertz CT molecular complexity index is 1810. The van der Waals surface area contributed by atoms with Crippen molar-refractivity contribution in [3.05, 3.63) is 0 Å². The monoisotopic (exact) mass is 850 g/mol. The molecule has 0 amide bonds. The first-order valence-corrected chi connectivity index (χ1v) is 21.5. The summed E-state index contributed by atoms with van der Waals surface area (Å²) in [5.41, 5.74) is -9.79. The molecule has 8 bridgehead atoms. The molecule has 0 heterocycles. The summed E-state index contributed by atoms with van der Waals surface area (Å²) in [6.45, 7) is 12.8. The van der Waals surface area contributed by atoms with Crippen molar-refractivity contribution in [2.45, 2.75) is 171 Å². The lowest BCUT2D eigenvalue weighted by atomic mass is 9.37. The molecule has 324 valence electrons. The number of carbonyl (C=O) groups is 2. The highest BCUT2D eigenvalue weighted by Gasteiger charge is 2.73. The lowest BCUT2D eigenvalue weighted by Gasteiger charge is -2.70. The smallest absolute Gasteiger partial charge is 0.428 e. The molecule has 8 saturated carbocycles. The van der Waals surface area contributed by atoms with Gasteiger partial charge in [-0.2, -0.15) is 17.6 Å². The van der Waals surface area contributed by atoms with Gasteiger partial charge >= 0.3 is 22.4 Å². The van der Waals surface area contributed by atoms with Crippen molar-refractivity contribution in [1.82, 2.24) is 0 Å². The topological polar surface area (TPSA) is 248 Å². The molecule has 0 aromatic heterocycles. The minimum absolute atomic E-state index is 0.0680. The zero-order chi connectivity index (χ0) is 43.2. The van der Waals surface area contributed by atoms with E-state index in [1.807, 2.05) is 0 Å². The third-order valence-corrected chi connectivity index (χ3v) is 16.6. The van der Waals surface area contributed by atoms with Crippen molar-refractivity contribution < 1.29 is 83.0 Å². The van der Waals surface area contributed by atoms with Crippen LogP contribution in [0.15, 0.2) is 0 Å². The van der Waals surface area contributed by atoms with E-state index in [4.69, 9.17) is 9.47 Å². The summed E-state index contributed by atoms with van der Waals surface area (Å²) in [4.78, 5) is 24.0. The lowest BCUT2D eigenvalue weighted by molar-refractivity contribution is -0.289. The number of hydrogen-bond donors (Lipinski definition) is 4. The van der Waals surface area contributed by atoms with Gasteiger partial charge in [0.2, 0.25) is 0 Å². The molecule has 7 atom stereocenters. The Kier molecular flexibility index (Phi) is 10.3. The van der Waals surface area contributed by atoms with Gasteiger partial charge in [0.1, 0.15) is 11.7 Å². The van der Waals surface area contributed by atoms with Gasteiger partial charge in [0.05, 0.1) is 22.4 Å². The van der Waals surface area contributed by atoms with Gasteiger partial charge in [-0.25, -0.2) is 26.4 Å². The number of rotatable bonds is 10. The number of hydrogen-bond acceptors (Lipinski definition) is 14. The fourth-order valence-corrected chi connectivity index (χ4v) is 12.8. The number of alkyl halides is 4. The van der Waals surface area contributed by atoms with Crippen LogP contribution in [0.1, 0.15) is 126 Å². The highest BCUT2D eigenvalue weighted by molar-refractivity contribution is 7.87.